The summed E-state index contributed by atoms with van der Waals surface area (Å²) in [5.41, 5.74) is 0. The van der Waals surface area contributed by atoms with Crippen molar-refractivity contribution in [3.05, 3.63) is 22.4 Å². The molecule has 2 heteroatoms. The van der Waals surface area contributed by atoms with Gasteiger partial charge in [0.2, 0.25) is 0 Å². The quantitative estimate of drug-likeness (QED) is 0.723. The van der Waals surface area contributed by atoms with E-state index >= 15 is 0 Å². The standard InChI is InChI=1S/C11H16OS/c1-8(2)11(9(3)12)7-10-5-4-6-13-10/h4-6,8,11H,7H2,1-3H3. The van der Waals surface area contributed by atoms with Crippen molar-refractivity contribution in [1.82, 2.24) is 0 Å². The Labute approximate surface area is 83.8 Å². The van der Waals surface area contributed by atoms with Gasteiger partial charge in [-0.2, -0.15) is 0 Å². The van der Waals surface area contributed by atoms with Gasteiger partial charge in [0.25, 0.3) is 0 Å². The average Bonchev–Trinajstić information content (AvgIpc) is 2.50. The lowest BCUT2D eigenvalue weighted by atomic mass is 9.89. The molecule has 1 atom stereocenters. The zero-order chi connectivity index (χ0) is 9.84. The van der Waals surface area contributed by atoms with Crippen molar-refractivity contribution in [3.63, 3.8) is 0 Å². The predicted molar refractivity (Wildman–Crippen MR) is 57.0 cm³/mol. The van der Waals surface area contributed by atoms with Crippen molar-refractivity contribution in [1.29, 1.82) is 0 Å². The fraction of sp³-hybridized carbons (Fsp3) is 0.545. The Morgan fingerprint density at radius 1 is 1.54 bits per heavy atom. The second-order valence-corrected chi connectivity index (χ2v) is 4.78. The molecule has 0 saturated carbocycles. The molecule has 1 rings (SSSR count). The number of Topliss-reactive ketones (excluding diaryl/α,β-unsaturated/α-hetero) is 1. The molecule has 1 aromatic heterocycles. The monoisotopic (exact) mass is 196 g/mol. The summed E-state index contributed by atoms with van der Waals surface area (Å²) in [6, 6.07) is 4.14. The van der Waals surface area contributed by atoms with Crippen molar-refractivity contribution in [3.8, 4) is 0 Å². The van der Waals surface area contributed by atoms with E-state index in [2.05, 4.69) is 25.3 Å². The molecule has 0 N–H and O–H groups in total. The van der Waals surface area contributed by atoms with Crippen LogP contribution in [0.4, 0.5) is 0 Å². The summed E-state index contributed by atoms with van der Waals surface area (Å²) in [4.78, 5) is 12.6. The minimum absolute atomic E-state index is 0.193. The molecule has 0 amide bonds. The van der Waals surface area contributed by atoms with Crippen molar-refractivity contribution in [2.24, 2.45) is 11.8 Å². The first kappa shape index (κ1) is 10.5. The van der Waals surface area contributed by atoms with Gasteiger partial charge in [-0.3, -0.25) is 4.79 Å². The maximum Gasteiger partial charge on any atom is 0.133 e. The largest absolute Gasteiger partial charge is 0.300 e. The highest BCUT2D eigenvalue weighted by atomic mass is 32.1. The van der Waals surface area contributed by atoms with E-state index in [1.807, 2.05) is 6.07 Å². The molecule has 13 heavy (non-hydrogen) atoms. The maximum atomic E-state index is 11.3. The minimum atomic E-state index is 0.193. The number of carbonyl (C=O) groups is 1. The number of rotatable bonds is 4. The van der Waals surface area contributed by atoms with Crippen LogP contribution in [0.5, 0.6) is 0 Å². The van der Waals surface area contributed by atoms with E-state index in [0.29, 0.717) is 11.7 Å². The Bertz CT molecular complexity index is 262. The molecular weight excluding hydrogens is 180 g/mol. The third-order valence-electron chi connectivity index (χ3n) is 2.33. The summed E-state index contributed by atoms with van der Waals surface area (Å²) in [5, 5.41) is 2.06. The lowest BCUT2D eigenvalue weighted by Crippen LogP contribution is -2.19. The van der Waals surface area contributed by atoms with E-state index in [1.54, 1.807) is 18.3 Å². The van der Waals surface area contributed by atoms with Crippen LogP contribution in [0.15, 0.2) is 17.5 Å². The Balaban J connectivity index is 2.63. The van der Waals surface area contributed by atoms with Crippen LogP contribution in [0, 0.1) is 11.8 Å². The first-order valence-corrected chi connectivity index (χ1v) is 5.52. The fourth-order valence-electron chi connectivity index (χ4n) is 1.49. The van der Waals surface area contributed by atoms with Crippen LogP contribution >= 0.6 is 11.3 Å². The second-order valence-electron chi connectivity index (χ2n) is 3.74. The van der Waals surface area contributed by atoms with Crippen LogP contribution in [0.3, 0.4) is 0 Å². The molecule has 0 bridgehead atoms. The van der Waals surface area contributed by atoms with Gasteiger partial charge in [-0.1, -0.05) is 19.9 Å². The van der Waals surface area contributed by atoms with Gasteiger partial charge in [-0.15, -0.1) is 11.3 Å². The Morgan fingerprint density at radius 3 is 2.62 bits per heavy atom. The molecule has 72 valence electrons. The first-order chi connectivity index (χ1) is 6.11. The van der Waals surface area contributed by atoms with Gasteiger partial charge in [0.1, 0.15) is 5.78 Å². The van der Waals surface area contributed by atoms with Crippen LogP contribution in [0.1, 0.15) is 25.6 Å². The zero-order valence-corrected chi connectivity index (χ0v) is 9.23. The van der Waals surface area contributed by atoms with Crippen LogP contribution in [-0.4, -0.2) is 5.78 Å². The number of ketones is 1. The molecular formula is C11H16OS. The molecule has 0 aromatic carbocycles. The summed E-state index contributed by atoms with van der Waals surface area (Å²) in [6.07, 6.45) is 0.907. The molecule has 1 unspecified atom stereocenters. The smallest absolute Gasteiger partial charge is 0.133 e. The van der Waals surface area contributed by atoms with E-state index in [9.17, 15) is 4.79 Å². The third-order valence-corrected chi connectivity index (χ3v) is 3.23. The molecule has 0 aliphatic rings. The van der Waals surface area contributed by atoms with Crippen molar-refractivity contribution >= 4 is 17.1 Å². The summed E-state index contributed by atoms with van der Waals surface area (Å²) >= 11 is 1.73. The molecule has 0 fully saturated rings. The van der Waals surface area contributed by atoms with Crippen LogP contribution in [0.25, 0.3) is 0 Å². The van der Waals surface area contributed by atoms with Gasteiger partial charge in [0, 0.05) is 10.8 Å². The SMILES string of the molecule is CC(=O)C(Cc1cccs1)C(C)C. The molecule has 1 nitrogen and oxygen atoms in total. The van der Waals surface area contributed by atoms with Gasteiger partial charge in [-0.05, 0) is 30.7 Å². The van der Waals surface area contributed by atoms with Crippen LogP contribution in [-0.2, 0) is 11.2 Å². The number of thiophene rings is 1. The van der Waals surface area contributed by atoms with Crippen LogP contribution < -0.4 is 0 Å². The third kappa shape index (κ3) is 2.96. The van der Waals surface area contributed by atoms with E-state index in [1.165, 1.54) is 4.88 Å². The molecule has 0 saturated heterocycles. The van der Waals surface area contributed by atoms with Gasteiger partial charge >= 0.3 is 0 Å². The van der Waals surface area contributed by atoms with Gasteiger partial charge in [0.05, 0.1) is 0 Å². The highest BCUT2D eigenvalue weighted by molar-refractivity contribution is 7.09. The molecule has 1 aromatic rings. The van der Waals surface area contributed by atoms with Crippen LogP contribution in [0.2, 0.25) is 0 Å². The second kappa shape index (κ2) is 4.56. The fourth-order valence-corrected chi connectivity index (χ4v) is 2.26. The first-order valence-electron chi connectivity index (χ1n) is 4.64. The molecule has 0 aliphatic carbocycles. The van der Waals surface area contributed by atoms with Gasteiger partial charge in [0.15, 0.2) is 0 Å². The lowest BCUT2D eigenvalue weighted by molar-refractivity contribution is -0.121. The zero-order valence-electron chi connectivity index (χ0n) is 8.41. The maximum absolute atomic E-state index is 11.3. The highest BCUT2D eigenvalue weighted by Gasteiger charge is 2.18. The topological polar surface area (TPSA) is 17.1 Å². The normalized spacial score (nSPS) is 13.2. The van der Waals surface area contributed by atoms with E-state index in [-0.39, 0.29) is 5.92 Å². The summed E-state index contributed by atoms with van der Waals surface area (Å²) in [7, 11) is 0. The summed E-state index contributed by atoms with van der Waals surface area (Å²) < 4.78 is 0. The number of hydrogen-bond acceptors (Lipinski definition) is 2. The predicted octanol–water partition coefficient (Wildman–Crippen LogP) is 3.15. The summed E-state index contributed by atoms with van der Waals surface area (Å²) in [5.74, 6) is 0.946. The Hall–Kier alpha value is -0.630. The van der Waals surface area contributed by atoms with Gasteiger partial charge in [-0.25, -0.2) is 0 Å². The molecule has 1 heterocycles. The number of carbonyl (C=O) groups excluding carboxylic acids is 1. The van der Waals surface area contributed by atoms with E-state index in [0.717, 1.165) is 6.42 Å². The highest BCUT2D eigenvalue weighted by Crippen LogP contribution is 2.21. The molecule has 0 spiro atoms. The Morgan fingerprint density at radius 2 is 2.23 bits per heavy atom. The van der Waals surface area contributed by atoms with Crippen molar-refractivity contribution in [2.75, 3.05) is 0 Å². The van der Waals surface area contributed by atoms with Crippen molar-refractivity contribution < 1.29 is 4.79 Å². The molecule has 0 aliphatic heterocycles. The Kier molecular flexibility index (Phi) is 3.67. The van der Waals surface area contributed by atoms with E-state index in [4.69, 9.17) is 0 Å². The lowest BCUT2D eigenvalue weighted by Gasteiger charge is -2.16. The summed E-state index contributed by atoms with van der Waals surface area (Å²) in [6.45, 7) is 5.91. The van der Waals surface area contributed by atoms with E-state index < -0.39 is 0 Å². The van der Waals surface area contributed by atoms with Crippen molar-refractivity contribution in [2.45, 2.75) is 27.2 Å². The molecule has 0 radical (unpaired) electrons. The average molecular weight is 196 g/mol. The van der Waals surface area contributed by atoms with Gasteiger partial charge < -0.3 is 0 Å². The number of hydrogen-bond donors (Lipinski definition) is 0. The minimum Gasteiger partial charge on any atom is -0.300 e.